The number of piperidine rings is 3. The molecule has 20 heavy (non-hydrogen) atoms. The largest absolute Gasteiger partial charge is 0.338 e. The van der Waals surface area contributed by atoms with Crippen molar-refractivity contribution in [2.24, 2.45) is 11.8 Å². The first-order valence-corrected chi connectivity index (χ1v) is 7.79. The number of quaternary nitrogens is 2. The summed E-state index contributed by atoms with van der Waals surface area (Å²) in [5, 5.41) is 2.38. The molecule has 0 saturated carbocycles. The van der Waals surface area contributed by atoms with E-state index in [2.05, 4.69) is 18.0 Å². The molecule has 3 saturated heterocycles. The highest BCUT2D eigenvalue weighted by Gasteiger charge is 2.42. The van der Waals surface area contributed by atoms with Gasteiger partial charge in [0.1, 0.15) is 24.9 Å². The van der Waals surface area contributed by atoms with Crippen LogP contribution in [0.4, 0.5) is 4.39 Å². The molecule has 2 nitrogen and oxygen atoms in total. The third-order valence-electron chi connectivity index (χ3n) is 5.15. The van der Waals surface area contributed by atoms with Crippen molar-refractivity contribution in [3.8, 4) is 0 Å². The molecule has 3 heteroatoms. The zero-order valence-corrected chi connectivity index (χ0v) is 12.0. The van der Waals surface area contributed by atoms with Gasteiger partial charge in [-0.2, -0.15) is 0 Å². The lowest BCUT2D eigenvalue weighted by Gasteiger charge is -2.45. The summed E-state index contributed by atoms with van der Waals surface area (Å²) in [5.41, 5.74) is 1.21. The lowest BCUT2D eigenvalue weighted by molar-refractivity contribution is -0.958. The Kier molecular flexibility index (Phi) is 4.18. The number of hydrogen-bond donors (Lipinski definition) is 2. The molecule has 3 aliphatic rings. The SMILES string of the molecule is C=C[C@H]1C[NH+]2CC[C@H]1C[C@@H]2C[NH2+]Cc1ccc(F)cc1. The number of fused-ring (bicyclic) bond motifs is 3. The number of rotatable bonds is 5. The number of hydrogen-bond acceptors (Lipinski definition) is 0. The Hall–Kier alpha value is -1.19. The van der Waals surface area contributed by atoms with Crippen LogP contribution in [0.5, 0.6) is 0 Å². The Labute approximate surface area is 120 Å². The van der Waals surface area contributed by atoms with Crippen LogP contribution in [-0.4, -0.2) is 25.7 Å². The van der Waals surface area contributed by atoms with E-state index in [0.29, 0.717) is 0 Å². The zero-order chi connectivity index (χ0) is 13.9. The van der Waals surface area contributed by atoms with Gasteiger partial charge in [0.2, 0.25) is 0 Å². The molecule has 1 aromatic carbocycles. The van der Waals surface area contributed by atoms with E-state index >= 15 is 0 Å². The topological polar surface area (TPSA) is 21.1 Å². The fourth-order valence-corrected chi connectivity index (χ4v) is 3.96. The zero-order valence-electron chi connectivity index (χ0n) is 12.0. The van der Waals surface area contributed by atoms with Gasteiger partial charge in [0.05, 0.1) is 13.1 Å². The van der Waals surface area contributed by atoms with Crippen LogP contribution in [0, 0.1) is 17.7 Å². The van der Waals surface area contributed by atoms with Gasteiger partial charge >= 0.3 is 0 Å². The minimum Gasteiger partial charge on any atom is -0.338 e. The van der Waals surface area contributed by atoms with Crippen LogP contribution in [0.3, 0.4) is 0 Å². The van der Waals surface area contributed by atoms with Gasteiger partial charge in [-0.15, -0.1) is 6.58 Å². The summed E-state index contributed by atoms with van der Waals surface area (Å²) >= 11 is 0. The van der Waals surface area contributed by atoms with Crippen molar-refractivity contribution in [1.29, 1.82) is 0 Å². The summed E-state index contributed by atoms with van der Waals surface area (Å²) in [6, 6.07) is 7.68. The van der Waals surface area contributed by atoms with Crippen LogP contribution in [0.1, 0.15) is 18.4 Å². The molecule has 108 valence electrons. The Morgan fingerprint density at radius 3 is 2.80 bits per heavy atom. The van der Waals surface area contributed by atoms with Crippen LogP contribution < -0.4 is 10.2 Å². The van der Waals surface area contributed by atoms with Gasteiger partial charge in [-0.1, -0.05) is 18.2 Å². The first kappa shape index (κ1) is 13.8. The molecule has 0 amide bonds. The second kappa shape index (κ2) is 6.06. The predicted molar refractivity (Wildman–Crippen MR) is 77.8 cm³/mol. The van der Waals surface area contributed by atoms with E-state index in [1.54, 1.807) is 17.0 Å². The molecule has 1 aromatic rings. The van der Waals surface area contributed by atoms with Crippen molar-refractivity contribution in [2.75, 3.05) is 19.6 Å². The fraction of sp³-hybridized carbons (Fsp3) is 0.529. The van der Waals surface area contributed by atoms with Gasteiger partial charge < -0.3 is 10.2 Å². The van der Waals surface area contributed by atoms with E-state index in [4.69, 9.17) is 0 Å². The Morgan fingerprint density at radius 2 is 2.15 bits per heavy atom. The van der Waals surface area contributed by atoms with E-state index < -0.39 is 0 Å². The van der Waals surface area contributed by atoms with Crippen molar-refractivity contribution in [1.82, 2.24) is 0 Å². The second-order valence-electron chi connectivity index (χ2n) is 6.35. The molecule has 0 radical (unpaired) electrons. The van der Waals surface area contributed by atoms with Crippen molar-refractivity contribution >= 4 is 0 Å². The molecule has 4 atom stereocenters. The van der Waals surface area contributed by atoms with Gasteiger partial charge in [-0.25, -0.2) is 4.39 Å². The van der Waals surface area contributed by atoms with E-state index in [9.17, 15) is 4.39 Å². The average molecular weight is 276 g/mol. The molecule has 0 aliphatic carbocycles. The van der Waals surface area contributed by atoms with E-state index in [1.807, 2.05) is 12.1 Å². The Bertz CT molecular complexity index is 457. The molecule has 0 spiro atoms. The minimum atomic E-state index is -0.149. The standard InChI is InChI=1S/C17H23FN2/c1-2-14-12-20-8-7-15(14)9-17(20)11-19-10-13-3-5-16(18)6-4-13/h2-6,14-15,17,19H,1,7-12H2/p+2/t14-,15-,17+/m0/s1. The molecule has 2 bridgehead atoms. The third kappa shape index (κ3) is 2.94. The van der Waals surface area contributed by atoms with Crippen LogP contribution in [0.25, 0.3) is 0 Å². The quantitative estimate of drug-likeness (QED) is 0.725. The maximum atomic E-state index is 12.9. The van der Waals surface area contributed by atoms with Gasteiger partial charge in [0.15, 0.2) is 0 Å². The maximum Gasteiger partial charge on any atom is 0.137 e. The summed E-state index contributed by atoms with van der Waals surface area (Å²) < 4.78 is 12.9. The number of nitrogens with one attached hydrogen (secondary N) is 1. The summed E-state index contributed by atoms with van der Waals surface area (Å²) in [6.07, 6.45) is 4.90. The maximum absolute atomic E-state index is 12.9. The highest BCUT2D eigenvalue weighted by molar-refractivity contribution is 5.14. The van der Waals surface area contributed by atoms with Crippen molar-refractivity contribution < 1.29 is 14.6 Å². The molecule has 0 aromatic heterocycles. The first-order valence-electron chi connectivity index (χ1n) is 7.79. The third-order valence-corrected chi connectivity index (χ3v) is 5.15. The average Bonchev–Trinajstić information content (AvgIpc) is 2.50. The fourth-order valence-electron chi connectivity index (χ4n) is 3.96. The Balaban J connectivity index is 1.48. The van der Waals surface area contributed by atoms with E-state index in [0.717, 1.165) is 24.4 Å². The molecule has 3 heterocycles. The number of benzene rings is 1. The molecular weight excluding hydrogens is 251 g/mol. The molecule has 1 unspecified atom stereocenters. The summed E-state index contributed by atoms with van der Waals surface area (Å²) in [7, 11) is 0. The summed E-state index contributed by atoms with van der Waals surface area (Å²) in [5.74, 6) is 1.46. The molecule has 3 N–H and O–H groups in total. The van der Waals surface area contributed by atoms with Crippen molar-refractivity contribution in [3.63, 3.8) is 0 Å². The molecular formula is C17H25FN2+2. The minimum absolute atomic E-state index is 0.149. The smallest absolute Gasteiger partial charge is 0.137 e. The highest BCUT2D eigenvalue weighted by Crippen LogP contribution is 2.26. The molecule has 3 aliphatic heterocycles. The lowest BCUT2D eigenvalue weighted by atomic mass is 9.75. The van der Waals surface area contributed by atoms with Crippen LogP contribution in [0.2, 0.25) is 0 Å². The lowest BCUT2D eigenvalue weighted by Crippen LogP contribution is -3.21. The number of nitrogens with two attached hydrogens (primary N) is 1. The Morgan fingerprint density at radius 1 is 1.35 bits per heavy atom. The van der Waals surface area contributed by atoms with Crippen molar-refractivity contribution in [3.05, 3.63) is 48.3 Å². The van der Waals surface area contributed by atoms with E-state index in [1.165, 1.54) is 38.0 Å². The van der Waals surface area contributed by atoms with Crippen molar-refractivity contribution in [2.45, 2.75) is 25.4 Å². The molecule has 4 rings (SSSR count). The predicted octanol–water partition coefficient (Wildman–Crippen LogP) is 0.368. The summed E-state index contributed by atoms with van der Waals surface area (Å²) in [6.45, 7) is 8.75. The van der Waals surface area contributed by atoms with Gasteiger partial charge in [-0.05, 0) is 18.1 Å². The van der Waals surface area contributed by atoms with Gasteiger partial charge in [0, 0.05) is 24.3 Å². The van der Waals surface area contributed by atoms with Crippen LogP contribution in [-0.2, 0) is 6.54 Å². The van der Waals surface area contributed by atoms with E-state index in [-0.39, 0.29) is 5.82 Å². The van der Waals surface area contributed by atoms with Gasteiger partial charge in [-0.3, -0.25) is 0 Å². The number of halogens is 1. The van der Waals surface area contributed by atoms with Crippen LogP contribution >= 0.6 is 0 Å². The molecule has 3 fully saturated rings. The van der Waals surface area contributed by atoms with Crippen LogP contribution in [0.15, 0.2) is 36.9 Å². The second-order valence-corrected chi connectivity index (χ2v) is 6.35. The normalized spacial score (nSPS) is 32.2. The highest BCUT2D eigenvalue weighted by atomic mass is 19.1. The first-order chi connectivity index (χ1) is 9.76. The van der Waals surface area contributed by atoms with Gasteiger partial charge in [0.25, 0.3) is 0 Å². The summed E-state index contributed by atoms with van der Waals surface area (Å²) in [4.78, 5) is 1.77. The monoisotopic (exact) mass is 276 g/mol.